The predicted molar refractivity (Wildman–Crippen MR) is 118 cm³/mol. The Bertz CT molecular complexity index is 1140. The largest absolute Gasteiger partial charge is 0.489 e. The van der Waals surface area contributed by atoms with Gasteiger partial charge in [-0.15, -0.1) is 0 Å². The van der Waals surface area contributed by atoms with Crippen LogP contribution in [0.15, 0.2) is 78.4 Å². The number of carbonyl (C=O) groups is 2. The summed E-state index contributed by atoms with van der Waals surface area (Å²) in [5.74, 6) is -0.834. The zero-order valence-corrected chi connectivity index (χ0v) is 16.8. The van der Waals surface area contributed by atoms with Crippen molar-refractivity contribution < 1.29 is 19.4 Å². The summed E-state index contributed by atoms with van der Waals surface area (Å²) in [6.07, 6.45) is 1.51. The number of aromatic carboxylic acids is 1. The van der Waals surface area contributed by atoms with Crippen LogP contribution in [0.5, 0.6) is 5.75 Å². The van der Waals surface area contributed by atoms with Gasteiger partial charge in [0, 0.05) is 5.69 Å². The maximum Gasteiger partial charge on any atom is 0.335 e. The molecule has 0 unspecified atom stereocenters. The highest BCUT2D eigenvalue weighted by Crippen LogP contribution is 2.17. The van der Waals surface area contributed by atoms with E-state index in [0.29, 0.717) is 17.0 Å². The summed E-state index contributed by atoms with van der Waals surface area (Å²) in [6, 6.07) is 22.7. The Morgan fingerprint density at radius 3 is 2.23 bits per heavy atom. The number of nitrogens with zero attached hydrogens (tertiary/aromatic N) is 1. The fourth-order valence-electron chi connectivity index (χ4n) is 2.72. The van der Waals surface area contributed by atoms with Gasteiger partial charge in [0.1, 0.15) is 24.0 Å². The summed E-state index contributed by atoms with van der Waals surface area (Å²) in [5, 5.41) is 21.0. The van der Waals surface area contributed by atoms with Gasteiger partial charge in [-0.05, 0) is 60.5 Å². The number of carboxylic acids is 1. The molecule has 6 nitrogen and oxygen atoms in total. The smallest absolute Gasteiger partial charge is 0.335 e. The van der Waals surface area contributed by atoms with Crippen molar-refractivity contribution in [2.24, 2.45) is 0 Å². The fraction of sp³-hybridized carbons (Fsp3) is 0.0800. The lowest BCUT2D eigenvalue weighted by molar-refractivity contribution is -0.112. The van der Waals surface area contributed by atoms with E-state index >= 15 is 0 Å². The number of hydrogen-bond acceptors (Lipinski definition) is 4. The number of anilines is 1. The molecule has 0 saturated heterocycles. The van der Waals surface area contributed by atoms with E-state index in [9.17, 15) is 14.9 Å². The second-order valence-electron chi connectivity index (χ2n) is 6.85. The molecule has 0 bridgehead atoms. The highest BCUT2D eigenvalue weighted by atomic mass is 16.5. The van der Waals surface area contributed by atoms with Gasteiger partial charge in [0.05, 0.1) is 5.56 Å². The lowest BCUT2D eigenvalue weighted by Crippen LogP contribution is -2.13. The molecule has 0 aliphatic rings. The number of amides is 1. The van der Waals surface area contributed by atoms with Crippen molar-refractivity contribution in [3.8, 4) is 11.8 Å². The number of nitrogens with one attached hydrogen (secondary N) is 1. The maximum absolute atomic E-state index is 12.4. The molecular weight excluding hydrogens is 392 g/mol. The number of carboxylic acid groups (broad SMARTS) is 1. The van der Waals surface area contributed by atoms with Gasteiger partial charge in [-0.3, -0.25) is 4.79 Å². The van der Waals surface area contributed by atoms with E-state index in [-0.39, 0.29) is 17.7 Å². The molecule has 3 rings (SSSR count). The predicted octanol–water partition coefficient (Wildman–Crippen LogP) is 4.82. The van der Waals surface area contributed by atoms with E-state index in [1.54, 1.807) is 48.5 Å². The van der Waals surface area contributed by atoms with Crippen LogP contribution >= 0.6 is 0 Å². The molecule has 2 N–H and O–H groups in total. The molecule has 0 fully saturated rings. The van der Waals surface area contributed by atoms with Crippen molar-refractivity contribution >= 4 is 23.6 Å². The quantitative estimate of drug-likeness (QED) is 0.428. The molecule has 3 aromatic rings. The van der Waals surface area contributed by atoms with Crippen molar-refractivity contribution in [1.29, 1.82) is 5.26 Å². The van der Waals surface area contributed by atoms with E-state index in [1.807, 2.05) is 25.1 Å². The Hall–Kier alpha value is -4.37. The molecular formula is C25H20N2O4. The van der Waals surface area contributed by atoms with Crippen molar-refractivity contribution in [2.75, 3.05) is 5.32 Å². The SMILES string of the molecule is Cc1ccc(NC(=O)/C(C#N)=C/c2ccc(OCc3ccc(C(=O)O)cc3)cc2)cc1. The fourth-order valence-corrected chi connectivity index (χ4v) is 2.72. The van der Waals surface area contributed by atoms with E-state index in [4.69, 9.17) is 9.84 Å². The van der Waals surface area contributed by atoms with Gasteiger partial charge in [-0.2, -0.15) is 5.26 Å². The van der Waals surface area contributed by atoms with Crippen LogP contribution in [0.3, 0.4) is 0 Å². The molecule has 0 aliphatic heterocycles. The second-order valence-corrected chi connectivity index (χ2v) is 6.85. The Kier molecular flexibility index (Phi) is 6.82. The topological polar surface area (TPSA) is 99.4 Å². The first-order valence-corrected chi connectivity index (χ1v) is 9.49. The number of nitriles is 1. The van der Waals surface area contributed by atoms with Crippen LogP contribution in [0.1, 0.15) is 27.0 Å². The molecule has 0 spiro atoms. The summed E-state index contributed by atoms with van der Waals surface area (Å²) >= 11 is 0. The summed E-state index contributed by atoms with van der Waals surface area (Å²) < 4.78 is 5.70. The third-order valence-corrected chi connectivity index (χ3v) is 4.47. The van der Waals surface area contributed by atoms with Crippen molar-refractivity contribution in [2.45, 2.75) is 13.5 Å². The van der Waals surface area contributed by atoms with Gasteiger partial charge in [0.15, 0.2) is 0 Å². The molecule has 0 atom stereocenters. The molecule has 0 heterocycles. The number of ether oxygens (including phenoxy) is 1. The van der Waals surface area contributed by atoms with Crippen LogP contribution in [0, 0.1) is 18.3 Å². The van der Waals surface area contributed by atoms with Gasteiger partial charge in [-0.25, -0.2) is 4.79 Å². The van der Waals surface area contributed by atoms with Crippen molar-refractivity contribution in [3.63, 3.8) is 0 Å². The Morgan fingerprint density at radius 1 is 1.00 bits per heavy atom. The average Bonchev–Trinajstić information content (AvgIpc) is 2.78. The Labute approximate surface area is 180 Å². The normalized spacial score (nSPS) is 10.8. The van der Waals surface area contributed by atoms with Gasteiger partial charge < -0.3 is 15.2 Å². The Balaban J connectivity index is 1.61. The third-order valence-electron chi connectivity index (χ3n) is 4.47. The van der Waals surface area contributed by atoms with Crippen LogP contribution in [0.25, 0.3) is 6.08 Å². The van der Waals surface area contributed by atoms with E-state index in [1.165, 1.54) is 18.2 Å². The highest BCUT2D eigenvalue weighted by molar-refractivity contribution is 6.09. The van der Waals surface area contributed by atoms with Gasteiger partial charge in [-0.1, -0.05) is 42.0 Å². The minimum absolute atomic E-state index is 0.00670. The number of aryl methyl sites for hydroxylation is 1. The first-order valence-electron chi connectivity index (χ1n) is 9.49. The van der Waals surface area contributed by atoms with Gasteiger partial charge >= 0.3 is 5.97 Å². The van der Waals surface area contributed by atoms with Crippen molar-refractivity contribution in [1.82, 2.24) is 0 Å². The van der Waals surface area contributed by atoms with E-state index in [2.05, 4.69) is 5.32 Å². The van der Waals surface area contributed by atoms with Gasteiger partial charge in [0.2, 0.25) is 0 Å². The minimum Gasteiger partial charge on any atom is -0.489 e. The molecule has 154 valence electrons. The highest BCUT2D eigenvalue weighted by Gasteiger charge is 2.09. The molecule has 0 aliphatic carbocycles. The molecule has 1 amide bonds. The van der Waals surface area contributed by atoms with Crippen molar-refractivity contribution in [3.05, 3.63) is 101 Å². The zero-order valence-electron chi connectivity index (χ0n) is 16.8. The lowest BCUT2D eigenvalue weighted by Gasteiger charge is -2.07. The van der Waals surface area contributed by atoms with Gasteiger partial charge in [0.25, 0.3) is 5.91 Å². The summed E-state index contributed by atoms with van der Waals surface area (Å²) in [7, 11) is 0. The average molecular weight is 412 g/mol. The maximum atomic E-state index is 12.4. The standard InChI is InChI=1S/C25H20N2O4/c1-17-2-10-22(11-3-17)27-24(28)21(15-26)14-18-6-12-23(13-7-18)31-16-19-4-8-20(9-5-19)25(29)30/h2-14H,16H2,1H3,(H,27,28)(H,29,30)/b21-14+. The van der Waals surface area contributed by atoms with Crippen LogP contribution in [-0.2, 0) is 11.4 Å². The first kappa shape index (κ1) is 21.3. The number of rotatable bonds is 7. The number of benzene rings is 3. The van der Waals surface area contributed by atoms with E-state index in [0.717, 1.165) is 11.1 Å². The summed E-state index contributed by atoms with van der Waals surface area (Å²) in [5.41, 5.74) is 3.44. The third kappa shape index (κ3) is 6.05. The Morgan fingerprint density at radius 2 is 1.65 bits per heavy atom. The molecule has 0 aromatic heterocycles. The lowest BCUT2D eigenvalue weighted by atomic mass is 10.1. The first-order chi connectivity index (χ1) is 14.9. The zero-order chi connectivity index (χ0) is 22.2. The van der Waals surface area contributed by atoms with Crippen LogP contribution in [-0.4, -0.2) is 17.0 Å². The second kappa shape index (κ2) is 9.90. The molecule has 6 heteroatoms. The minimum atomic E-state index is -0.972. The molecule has 0 saturated carbocycles. The number of carbonyl (C=O) groups excluding carboxylic acids is 1. The van der Waals surface area contributed by atoms with Crippen LogP contribution in [0.4, 0.5) is 5.69 Å². The molecule has 3 aromatic carbocycles. The van der Waals surface area contributed by atoms with Crippen LogP contribution in [0.2, 0.25) is 0 Å². The molecule has 0 radical (unpaired) electrons. The van der Waals surface area contributed by atoms with Crippen LogP contribution < -0.4 is 10.1 Å². The monoisotopic (exact) mass is 412 g/mol. The summed E-state index contributed by atoms with van der Waals surface area (Å²) in [4.78, 5) is 23.2. The number of hydrogen-bond donors (Lipinski definition) is 2. The molecule has 31 heavy (non-hydrogen) atoms. The van der Waals surface area contributed by atoms with E-state index < -0.39 is 11.9 Å². The summed E-state index contributed by atoms with van der Waals surface area (Å²) in [6.45, 7) is 2.24.